The maximum atomic E-state index is 5.78. The molecule has 0 saturated carbocycles. The van der Waals surface area contributed by atoms with Crippen LogP contribution in [-0.2, 0) is 16.1 Å². The molecule has 1 aromatic heterocycles. The Morgan fingerprint density at radius 3 is 3.06 bits per heavy atom. The third-order valence-electron chi connectivity index (χ3n) is 3.41. The molecule has 3 unspecified atom stereocenters. The summed E-state index contributed by atoms with van der Waals surface area (Å²) in [6.07, 6.45) is 4.00. The molecule has 94 valence electrons. The van der Waals surface area contributed by atoms with Gasteiger partial charge in [0.05, 0.1) is 24.7 Å². The van der Waals surface area contributed by atoms with Crippen LogP contribution in [0, 0.1) is 0 Å². The molecular weight excluding hydrogens is 222 g/mol. The Labute approximate surface area is 99.5 Å². The van der Waals surface area contributed by atoms with Crippen LogP contribution in [0.15, 0.2) is 4.52 Å². The van der Waals surface area contributed by atoms with E-state index >= 15 is 0 Å². The van der Waals surface area contributed by atoms with Gasteiger partial charge in [-0.15, -0.1) is 0 Å². The van der Waals surface area contributed by atoms with E-state index in [-0.39, 0.29) is 6.10 Å². The first kappa shape index (κ1) is 11.1. The van der Waals surface area contributed by atoms with Crippen molar-refractivity contribution in [3.05, 3.63) is 11.7 Å². The number of hydrogen-bond acceptors (Lipinski definition) is 6. The minimum Gasteiger partial charge on any atom is -0.374 e. The zero-order chi connectivity index (χ0) is 11.7. The molecule has 2 saturated heterocycles. The summed E-state index contributed by atoms with van der Waals surface area (Å²) in [6.45, 7) is 1.35. The Morgan fingerprint density at radius 2 is 2.35 bits per heavy atom. The van der Waals surface area contributed by atoms with E-state index < -0.39 is 0 Å². The predicted molar refractivity (Wildman–Crippen MR) is 58.3 cm³/mol. The first-order valence-electron chi connectivity index (χ1n) is 6.12. The van der Waals surface area contributed by atoms with Gasteiger partial charge in [0, 0.05) is 6.54 Å². The Kier molecular flexibility index (Phi) is 3.09. The summed E-state index contributed by atoms with van der Waals surface area (Å²) < 4.78 is 16.2. The zero-order valence-corrected chi connectivity index (χ0v) is 9.67. The molecule has 6 nitrogen and oxygen atoms in total. The molecule has 0 radical (unpaired) electrons. The number of ether oxygens (including phenoxy) is 2. The molecule has 3 rings (SSSR count). The Balaban J connectivity index is 1.60. The van der Waals surface area contributed by atoms with E-state index in [1.807, 2.05) is 0 Å². The first-order valence-corrected chi connectivity index (χ1v) is 6.12. The zero-order valence-electron chi connectivity index (χ0n) is 9.67. The molecule has 6 heteroatoms. The van der Waals surface area contributed by atoms with E-state index in [2.05, 4.69) is 10.1 Å². The van der Waals surface area contributed by atoms with Crippen molar-refractivity contribution in [3.8, 4) is 0 Å². The van der Waals surface area contributed by atoms with Crippen molar-refractivity contribution in [3.63, 3.8) is 0 Å². The van der Waals surface area contributed by atoms with Crippen LogP contribution < -0.4 is 5.73 Å². The lowest BCUT2D eigenvalue weighted by atomic mass is 9.89. The number of rotatable bonds is 5. The van der Waals surface area contributed by atoms with Gasteiger partial charge in [-0.1, -0.05) is 5.16 Å². The average Bonchev–Trinajstić information content (AvgIpc) is 3.04. The summed E-state index contributed by atoms with van der Waals surface area (Å²) in [5.41, 5.74) is 5.33. The highest BCUT2D eigenvalue weighted by atomic mass is 16.5. The van der Waals surface area contributed by atoms with Crippen molar-refractivity contribution >= 4 is 0 Å². The Bertz CT molecular complexity index is 382. The highest BCUT2D eigenvalue weighted by molar-refractivity contribution is 5.06. The van der Waals surface area contributed by atoms with Gasteiger partial charge in [0.15, 0.2) is 5.82 Å². The lowest BCUT2D eigenvalue weighted by molar-refractivity contribution is 0.0995. The van der Waals surface area contributed by atoms with E-state index in [1.165, 1.54) is 6.42 Å². The number of aromatic nitrogens is 2. The van der Waals surface area contributed by atoms with Gasteiger partial charge in [-0.3, -0.25) is 0 Å². The molecule has 0 aliphatic carbocycles. The molecule has 17 heavy (non-hydrogen) atoms. The summed E-state index contributed by atoms with van der Waals surface area (Å²) in [5.74, 6) is 1.60. The van der Waals surface area contributed by atoms with Gasteiger partial charge in [0.25, 0.3) is 5.89 Å². The first-order chi connectivity index (χ1) is 8.36. The van der Waals surface area contributed by atoms with E-state index in [0.29, 0.717) is 37.7 Å². The molecule has 2 N–H and O–H groups in total. The molecule has 2 bridgehead atoms. The number of nitrogens with two attached hydrogens (primary N) is 1. The lowest BCUT2D eigenvalue weighted by Gasteiger charge is -2.13. The molecule has 2 aliphatic heterocycles. The van der Waals surface area contributed by atoms with Gasteiger partial charge in [0.2, 0.25) is 0 Å². The van der Waals surface area contributed by atoms with E-state index in [9.17, 15) is 0 Å². The van der Waals surface area contributed by atoms with E-state index in [1.54, 1.807) is 0 Å². The molecule has 1 aromatic rings. The predicted octanol–water partition coefficient (Wildman–Crippen LogP) is 0.580. The number of nitrogens with zero attached hydrogens (tertiary/aromatic N) is 2. The van der Waals surface area contributed by atoms with Gasteiger partial charge in [-0.2, -0.15) is 4.98 Å². The average molecular weight is 239 g/mol. The molecule has 2 aliphatic rings. The fraction of sp³-hybridized carbons (Fsp3) is 0.818. The highest BCUT2D eigenvalue weighted by Crippen LogP contribution is 2.43. The molecule has 0 aromatic carbocycles. The summed E-state index contributed by atoms with van der Waals surface area (Å²) >= 11 is 0. The van der Waals surface area contributed by atoms with Crippen LogP contribution in [0.4, 0.5) is 0 Å². The Morgan fingerprint density at radius 1 is 1.41 bits per heavy atom. The van der Waals surface area contributed by atoms with Gasteiger partial charge in [-0.05, 0) is 19.3 Å². The maximum absolute atomic E-state index is 5.78. The summed E-state index contributed by atoms with van der Waals surface area (Å²) in [4.78, 5) is 4.36. The van der Waals surface area contributed by atoms with Crippen LogP contribution in [0.3, 0.4) is 0 Å². The monoisotopic (exact) mass is 239 g/mol. The van der Waals surface area contributed by atoms with Crippen LogP contribution in [-0.4, -0.2) is 35.5 Å². The largest absolute Gasteiger partial charge is 0.374 e. The Hall–Kier alpha value is -0.980. The third kappa shape index (κ3) is 2.20. The molecule has 2 fully saturated rings. The van der Waals surface area contributed by atoms with Crippen molar-refractivity contribution in [1.82, 2.24) is 10.1 Å². The van der Waals surface area contributed by atoms with Crippen LogP contribution in [0.2, 0.25) is 0 Å². The summed E-state index contributed by atoms with van der Waals surface area (Å²) in [7, 11) is 0. The van der Waals surface area contributed by atoms with Crippen LogP contribution in [0.5, 0.6) is 0 Å². The highest BCUT2D eigenvalue weighted by Gasteiger charge is 2.43. The van der Waals surface area contributed by atoms with Crippen molar-refractivity contribution in [2.75, 3.05) is 13.2 Å². The summed E-state index contributed by atoms with van der Waals surface area (Å²) in [6, 6.07) is 0. The molecule has 0 spiro atoms. The van der Waals surface area contributed by atoms with Crippen molar-refractivity contribution < 1.29 is 14.0 Å². The summed E-state index contributed by atoms with van der Waals surface area (Å²) in [5, 5.41) is 4.02. The second kappa shape index (κ2) is 4.72. The molecule has 0 amide bonds. The van der Waals surface area contributed by atoms with E-state index in [4.69, 9.17) is 19.7 Å². The fourth-order valence-electron chi connectivity index (χ4n) is 2.63. The minimum absolute atomic E-state index is 0.287. The maximum Gasteiger partial charge on any atom is 0.252 e. The minimum atomic E-state index is 0.287. The number of hydrogen-bond donors (Lipinski definition) is 1. The topological polar surface area (TPSA) is 83.4 Å². The molecule has 3 heterocycles. The fourth-order valence-corrected chi connectivity index (χ4v) is 2.63. The normalized spacial score (nSPS) is 31.2. The van der Waals surface area contributed by atoms with Crippen molar-refractivity contribution in [2.24, 2.45) is 5.73 Å². The molecular formula is C11H17N3O3. The lowest BCUT2D eigenvalue weighted by Crippen LogP contribution is -2.15. The van der Waals surface area contributed by atoms with Gasteiger partial charge in [-0.25, -0.2) is 0 Å². The SMILES string of the molecule is NCCOCc1nc(C2CC3CCC2O3)no1. The second-order valence-corrected chi connectivity index (χ2v) is 4.60. The van der Waals surface area contributed by atoms with Crippen molar-refractivity contribution in [2.45, 2.75) is 44.0 Å². The van der Waals surface area contributed by atoms with Crippen LogP contribution in [0.25, 0.3) is 0 Å². The third-order valence-corrected chi connectivity index (χ3v) is 3.41. The van der Waals surface area contributed by atoms with Crippen molar-refractivity contribution in [1.29, 1.82) is 0 Å². The smallest absolute Gasteiger partial charge is 0.252 e. The van der Waals surface area contributed by atoms with Gasteiger partial charge < -0.3 is 19.7 Å². The van der Waals surface area contributed by atoms with Gasteiger partial charge in [0.1, 0.15) is 6.61 Å². The van der Waals surface area contributed by atoms with Gasteiger partial charge >= 0.3 is 0 Å². The number of fused-ring (bicyclic) bond motifs is 2. The van der Waals surface area contributed by atoms with Crippen LogP contribution in [0.1, 0.15) is 36.9 Å². The second-order valence-electron chi connectivity index (χ2n) is 4.60. The molecule has 3 atom stereocenters. The standard InChI is InChI=1S/C11H17N3O3/c12-3-4-15-6-10-13-11(14-17-10)8-5-7-1-2-9(8)16-7/h7-9H,1-6,12H2. The van der Waals surface area contributed by atoms with E-state index in [0.717, 1.165) is 18.7 Å². The van der Waals surface area contributed by atoms with Crippen LogP contribution >= 0.6 is 0 Å². The quantitative estimate of drug-likeness (QED) is 0.757.